The highest BCUT2D eigenvalue weighted by Crippen LogP contribution is 2.20. The molecule has 1 fully saturated rings. The van der Waals surface area contributed by atoms with Gasteiger partial charge < -0.3 is 14.8 Å². The maximum absolute atomic E-state index is 11.6. The summed E-state index contributed by atoms with van der Waals surface area (Å²) in [5.41, 5.74) is 0.453. The van der Waals surface area contributed by atoms with E-state index < -0.39 is 0 Å². The molecular formula is C12H16N2O3. The smallest absolute Gasteiger partial charge is 0.341 e. The van der Waals surface area contributed by atoms with Gasteiger partial charge >= 0.3 is 5.97 Å². The van der Waals surface area contributed by atoms with Crippen LogP contribution in [0.3, 0.4) is 0 Å². The zero-order valence-electron chi connectivity index (χ0n) is 9.97. The van der Waals surface area contributed by atoms with Gasteiger partial charge in [0.15, 0.2) is 0 Å². The van der Waals surface area contributed by atoms with E-state index in [0.29, 0.717) is 11.4 Å². The summed E-state index contributed by atoms with van der Waals surface area (Å²) in [4.78, 5) is 15.7. The van der Waals surface area contributed by atoms with E-state index in [2.05, 4.69) is 10.3 Å². The normalized spacial score (nSPS) is 23.4. The summed E-state index contributed by atoms with van der Waals surface area (Å²) < 4.78 is 10.2. The Kier molecular flexibility index (Phi) is 3.58. The molecule has 2 heterocycles. The predicted molar refractivity (Wildman–Crippen MR) is 63.0 cm³/mol. The Bertz CT molecular complexity index is 408. The van der Waals surface area contributed by atoms with E-state index >= 15 is 0 Å². The number of rotatable bonds is 3. The van der Waals surface area contributed by atoms with Gasteiger partial charge in [0, 0.05) is 12.8 Å². The van der Waals surface area contributed by atoms with Gasteiger partial charge in [-0.15, -0.1) is 0 Å². The number of pyridine rings is 1. The Balaban J connectivity index is 2.17. The molecule has 5 heteroatoms. The topological polar surface area (TPSA) is 60.5 Å². The molecule has 0 saturated carbocycles. The minimum atomic E-state index is -0.382. The number of nitrogens with zero attached hydrogens (tertiary/aromatic N) is 1. The van der Waals surface area contributed by atoms with Crippen LogP contribution in [0.15, 0.2) is 18.3 Å². The van der Waals surface area contributed by atoms with Crippen LogP contribution in [0.2, 0.25) is 0 Å². The highest BCUT2D eigenvalue weighted by molar-refractivity contribution is 5.94. The second-order valence-electron chi connectivity index (χ2n) is 4.01. The molecule has 0 radical (unpaired) electrons. The highest BCUT2D eigenvalue weighted by Gasteiger charge is 2.25. The van der Waals surface area contributed by atoms with Crippen molar-refractivity contribution in [3.8, 4) is 0 Å². The molecule has 2 rings (SSSR count). The molecule has 5 nitrogen and oxygen atoms in total. The van der Waals surface area contributed by atoms with Gasteiger partial charge in [-0.05, 0) is 25.5 Å². The van der Waals surface area contributed by atoms with Crippen LogP contribution in [0.1, 0.15) is 23.7 Å². The second-order valence-corrected chi connectivity index (χ2v) is 4.01. The molecule has 0 spiro atoms. The highest BCUT2D eigenvalue weighted by atomic mass is 16.5. The van der Waals surface area contributed by atoms with Crippen molar-refractivity contribution >= 4 is 11.8 Å². The molecule has 1 aliphatic heterocycles. The number of carbonyl (C=O) groups is 1. The van der Waals surface area contributed by atoms with Gasteiger partial charge in [0.25, 0.3) is 0 Å². The number of esters is 1. The van der Waals surface area contributed by atoms with E-state index in [1.165, 1.54) is 7.11 Å². The molecule has 1 aromatic rings. The molecule has 1 N–H and O–H groups in total. The van der Waals surface area contributed by atoms with Crippen LogP contribution in [0.4, 0.5) is 5.82 Å². The molecule has 1 saturated heterocycles. The third-order valence-corrected chi connectivity index (χ3v) is 2.91. The number of anilines is 1. The predicted octanol–water partition coefficient (Wildman–Crippen LogP) is 1.46. The Hall–Kier alpha value is -1.62. The summed E-state index contributed by atoms with van der Waals surface area (Å²) in [5.74, 6) is 0.175. The maximum atomic E-state index is 11.6. The SMILES string of the molecule is COC(=O)c1cccnc1NC1CCOC1C. The molecule has 1 aromatic heterocycles. The zero-order valence-corrected chi connectivity index (χ0v) is 9.97. The number of aromatic nitrogens is 1. The Morgan fingerprint density at radius 2 is 2.47 bits per heavy atom. The lowest BCUT2D eigenvalue weighted by molar-refractivity contribution is 0.0601. The van der Waals surface area contributed by atoms with Gasteiger partial charge in [-0.1, -0.05) is 0 Å². The monoisotopic (exact) mass is 236 g/mol. The molecule has 2 unspecified atom stereocenters. The average molecular weight is 236 g/mol. The van der Waals surface area contributed by atoms with Gasteiger partial charge in [-0.25, -0.2) is 9.78 Å². The fraction of sp³-hybridized carbons (Fsp3) is 0.500. The Labute approximate surface area is 100 Å². The first kappa shape index (κ1) is 11.9. The number of hydrogen-bond acceptors (Lipinski definition) is 5. The molecular weight excluding hydrogens is 220 g/mol. The molecule has 0 bridgehead atoms. The van der Waals surface area contributed by atoms with Gasteiger partial charge in [0.2, 0.25) is 0 Å². The maximum Gasteiger partial charge on any atom is 0.341 e. The third-order valence-electron chi connectivity index (χ3n) is 2.91. The quantitative estimate of drug-likeness (QED) is 0.805. The fourth-order valence-corrected chi connectivity index (χ4v) is 1.89. The summed E-state index contributed by atoms with van der Waals surface area (Å²) in [6.07, 6.45) is 2.69. The van der Waals surface area contributed by atoms with Crippen molar-refractivity contribution in [2.24, 2.45) is 0 Å². The van der Waals surface area contributed by atoms with Crippen molar-refractivity contribution in [1.29, 1.82) is 0 Å². The molecule has 0 amide bonds. The van der Waals surface area contributed by atoms with Crippen molar-refractivity contribution in [3.05, 3.63) is 23.9 Å². The molecule has 1 aliphatic rings. The first-order valence-corrected chi connectivity index (χ1v) is 5.64. The summed E-state index contributed by atoms with van der Waals surface area (Å²) in [5, 5.41) is 3.24. The Morgan fingerprint density at radius 1 is 1.65 bits per heavy atom. The zero-order chi connectivity index (χ0) is 12.3. The second kappa shape index (κ2) is 5.14. The van der Waals surface area contributed by atoms with Gasteiger partial charge in [-0.2, -0.15) is 0 Å². The number of carbonyl (C=O) groups excluding carboxylic acids is 1. The van der Waals surface area contributed by atoms with Crippen LogP contribution in [0.25, 0.3) is 0 Å². The van der Waals surface area contributed by atoms with E-state index in [4.69, 9.17) is 9.47 Å². The van der Waals surface area contributed by atoms with Crippen molar-refractivity contribution in [2.45, 2.75) is 25.5 Å². The first-order valence-electron chi connectivity index (χ1n) is 5.64. The molecule has 0 aromatic carbocycles. The number of ether oxygens (including phenoxy) is 2. The molecule has 92 valence electrons. The van der Waals surface area contributed by atoms with E-state index in [1.807, 2.05) is 6.92 Å². The third kappa shape index (κ3) is 2.55. The van der Waals surface area contributed by atoms with Crippen molar-refractivity contribution in [2.75, 3.05) is 19.0 Å². The van der Waals surface area contributed by atoms with Crippen LogP contribution in [-0.4, -0.2) is 36.8 Å². The van der Waals surface area contributed by atoms with Crippen molar-refractivity contribution in [3.63, 3.8) is 0 Å². The minimum Gasteiger partial charge on any atom is -0.465 e. The summed E-state index contributed by atoms with van der Waals surface area (Å²) in [6.45, 7) is 2.74. The fourth-order valence-electron chi connectivity index (χ4n) is 1.89. The van der Waals surface area contributed by atoms with E-state index in [0.717, 1.165) is 13.0 Å². The average Bonchev–Trinajstić information content (AvgIpc) is 2.75. The van der Waals surface area contributed by atoms with E-state index in [-0.39, 0.29) is 18.1 Å². The van der Waals surface area contributed by atoms with Gasteiger partial charge in [0.1, 0.15) is 11.4 Å². The number of methoxy groups -OCH3 is 1. The lowest BCUT2D eigenvalue weighted by Crippen LogP contribution is -2.28. The number of hydrogen-bond donors (Lipinski definition) is 1. The summed E-state index contributed by atoms with van der Waals surface area (Å²) >= 11 is 0. The van der Waals surface area contributed by atoms with Gasteiger partial charge in [-0.3, -0.25) is 0 Å². The van der Waals surface area contributed by atoms with Crippen LogP contribution in [0.5, 0.6) is 0 Å². The van der Waals surface area contributed by atoms with Crippen LogP contribution in [0, 0.1) is 0 Å². The largest absolute Gasteiger partial charge is 0.465 e. The van der Waals surface area contributed by atoms with Crippen LogP contribution >= 0.6 is 0 Å². The minimum absolute atomic E-state index is 0.127. The standard InChI is InChI=1S/C12H16N2O3/c1-8-10(5-7-17-8)14-11-9(12(15)16-2)4-3-6-13-11/h3-4,6,8,10H,5,7H2,1-2H3,(H,13,14). The summed E-state index contributed by atoms with van der Waals surface area (Å²) in [7, 11) is 1.36. The van der Waals surface area contributed by atoms with Gasteiger partial charge in [0.05, 0.1) is 19.3 Å². The van der Waals surface area contributed by atoms with Crippen molar-refractivity contribution in [1.82, 2.24) is 4.98 Å². The van der Waals surface area contributed by atoms with Crippen molar-refractivity contribution < 1.29 is 14.3 Å². The lowest BCUT2D eigenvalue weighted by atomic mass is 10.1. The molecule has 17 heavy (non-hydrogen) atoms. The number of nitrogens with one attached hydrogen (secondary N) is 1. The molecule has 0 aliphatic carbocycles. The van der Waals surface area contributed by atoms with E-state index in [1.54, 1.807) is 18.3 Å². The molecule has 2 atom stereocenters. The Morgan fingerprint density at radius 3 is 3.12 bits per heavy atom. The summed E-state index contributed by atoms with van der Waals surface area (Å²) in [6, 6.07) is 3.60. The van der Waals surface area contributed by atoms with Crippen LogP contribution in [-0.2, 0) is 9.47 Å². The first-order chi connectivity index (χ1) is 8.22. The lowest BCUT2D eigenvalue weighted by Gasteiger charge is -2.18. The van der Waals surface area contributed by atoms with E-state index in [9.17, 15) is 4.79 Å². The van der Waals surface area contributed by atoms with Crippen LogP contribution < -0.4 is 5.32 Å².